The molecule has 0 amide bonds. The van der Waals surface area contributed by atoms with Gasteiger partial charge in [0.05, 0.1) is 7.11 Å². The van der Waals surface area contributed by atoms with Crippen LogP contribution in [0.1, 0.15) is 19.8 Å². The predicted molar refractivity (Wildman–Crippen MR) is 57.6 cm³/mol. The Kier molecular flexibility index (Phi) is 3.26. The number of carbonyl (C=O) groups excluding carboxylic acids is 1. The molecule has 1 N–H and O–H groups in total. The minimum Gasteiger partial charge on any atom is -0.468 e. The van der Waals surface area contributed by atoms with E-state index in [0.717, 1.165) is 25.6 Å². The van der Waals surface area contributed by atoms with E-state index < -0.39 is 0 Å². The van der Waals surface area contributed by atoms with Crippen molar-refractivity contribution in [1.29, 1.82) is 0 Å². The molecule has 0 saturated carbocycles. The van der Waals surface area contributed by atoms with Crippen molar-refractivity contribution in [1.82, 2.24) is 10.2 Å². The van der Waals surface area contributed by atoms with Gasteiger partial charge < -0.3 is 10.1 Å². The number of hydrogen-bond donors (Lipinski definition) is 1. The Bertz CT molecular complexity index is 245. The van der Waals surface area contributed by atoms with Gasteiger partial charge in [0, 0.05) is 12.6 Å². The van der Waals surface area contributed by atoms with E-state index in [2.05, 4.69) is 10.2 Å². The van der Waals surface area contributed by atoms with Crippen LogP contribution in [0.4, 0.5) is 0 Å². The van der Waals surface area contributed by atoms with Crippen molar-refractivity contribution < 1.29 is 9.53 Å². The summed E-state index contributed by atoms with van der Waals surface area (Å²) in [4.78, 5) is 13.8. The number of hydrogen-bond acceptors (Lipinski definition) is 4. The van der Waals surface area contributed by atoms with Gasteiger partial charge in [-0.1, -0.05) is 0 Å². The van der Waals surface area contributed by atoms with Crippen molar-refractivity contribution in [2.24, 2.45) is 5.92 Å². The average molecular weight is 212 g/mol. The number of fused-ring (bicyclic) bond motifs is 1. The van der Waals surface area contributed by atoms with Crippen molar-refractivity contribution in [3.8, 4) is 0 Å². The molecule has 2 aliphatic heterocycles. The summed E-state index contributed by atoms with van der Waals surface area (Å²) >= 11 is 0. The van der Waals surface area contributed by atoms with Crippen LogP contribution in [0.3, 0.4) is 0 Å². The first-order valence-electron chi connectivity index (χ1n) is 5.78. The lowest BCUT2D eigenvalue weighted by Gasteiger charge is -2.39. The van der Waals surface area contributed by atoms with Crippen LogP contribution < -0.4 is 5.32 Å². The number of esters is 1. The maximum Gasteiger partial charge on any atom is 0.322 e. The Hall–Kier alpha value is -0.610. The Morgan fingerprint density at radius 2 is 2.33 bits per heavy atom. The highest BCUT2D eigenvalue weighted by Crippen LogP contribution is 2.28. The molecule has 2 aliphatic rings. The van der Waals surface area contributed by atoms with Gasteiger partial charge in [-0.15, -0.1) is 0 Å². The number of nitrogens with zero attached hydrogens (tertiary/aromatic N) is 1. The van der Waals surface area contributed by atoms with Gasteiger partial charge in [-0.05, 0) is 38.8 Å². The third-order valence-electron chi connectivity index (χ3n) is 3.76. The molecular weight excluding hydrogens is 192 g/mol. The molecule has 0 aromatic carbocycles. The molecule has 0 radical (unpaired) electrons. The van der Waals surface area contributed by atoms with Crippen LogP contribution in [0.5, 0.6) is 0 Å². The summed E-state index contributed by atoms with van der Waals surface area (Å²) in [5.41, 5.74) is 0. The van der Waals surface area contributed by atoms with E-state index in [0.29, 0.717) is 6.04 Å². The Labute approximate surface area is 91.0 Å². The molecule has 2 saturated heterocycles. The molecule has 0 aliphatic carbocycles. The minimum atomic E-state index is -0.109. The summed E-state index contributed by atoms with van der Waals surface area (Å²) in [6, 6.07) is 0.440. The summed E-state index contributed by atoms with van der Waals surface area (Å²) in [7, 11) is 1.47. The van der Waals surface area contributed by atoms with Crippen LogP contribution in [0.25, 0.3) is 0 Å². The largest absolute Gasteiger partial charge is 0.468 e. The zero-order valence-electron chi connectivity index (χ0n) is 9.53. The molecule has 2 rings (SSSR count). The number of ether oxygens (including phenoxy) is 1. The molecule has 3 atom stereocenters. The van der Waals surface area contributed by atoms with Crippen LogP contribution >= 0.6 is 0 Å². The lowest BCUT2D eigenvalue weighted by Crippen LogP contribution is -2.52. The van der Waals surface area contributed by atoms with Gasteiger partial charge in [-0.3, -0.25) is 9.69 Å². The minimum absolute atomic E-state index is 0.0947. The molecule has 0 bridgehead atoms. The van der Waals surface area contributed by atoms with Crippen molar-refractivity contribution >= 4 is 5.97 Å². The van der Waals surface area contributed by atoms with E-state index in [1.807, 2.05) is 6.92 Å². The highest BCUT2D eigenvalue weighted by atomic mass is 16.5. The lowest BCUT2D eigenvalue weighted by atomic mass is 9.91. The Morgan fingerprint density at radius 1 is 1.53 bits per heavy atom. The van der Waals surface area contributed by atoms with Gasteiger partial charge in [0.2, 0.25) is 0 Å². The number of piperidine rings is 1. The van der Waals surface area contributed by atoms with Gasteiger partial charge in [0.25, 0.3) is 0 Å². The number of rotatable bonds is 2. The second kappa shape index (κ2) is 4.49. The van der Waals surface area contributed by atoms with E-state index >= 15 is 0 Å². The van der Waals surface area contributed by atoms with E-state index in [1.54, 1.807) is 0 Å². The van der Waals surface area contributed by atoms with Gasteiger partial charge >= 0.3 is 5.97 Å². The Morgan fingerprint density at radius 3 is 3.07 bits per heavy atom. The molecule has 0 aromatic rings. The van der Waals surface area contributed by atoms with Crippen molar-refractivity contribution in [2.75, 3.05) is 26.7 Å². The third-order valence-corrected chi connectivity index (χ3v) is 3.76. The second-order valence-corrected chi connectivity index (χ2v) is 4.56. The van der Waals surface area contributed by atoms with Crippen LogP contribution in [-0.4, -0.2) is 49.7 Å². The van der Waals surface area contributed by atoms with Crippen molar-refractivity contribution in [3.63, 3.8) is 0 Å². The first-order chi connectivity index (χ1) is 7.24. The van der Waals surface area contributed by atoms with E-state index in [9.17, 15) is 4.79 Å². The summed E-state index contributed by atoms with van der Waals surface area (Å²) < 4.78 is 4.81. The van der Waals surface area contributed by atoms with Gasteiger partial charge in [0.15, 0.2) is 0 Å². The zero-order valence-corrected chi connectivity index (χ0v) is 9.53. The fraction of sp³-hybridized carbons (Fsp3) is 0.909. The molecule has 3 unspecified atom stereocenters. The molecule has 4 nitrogen and oxygen atoms in total. The first kappa shape index (κ1) is 10.9. The summed E-state index contributed by atoms with van der Waals surface area (Å²) in [6.07, 6.45) is 2.49. The summed E-state index contributed by atoms with van der Waals surface area (Å²) in [6.45, 7) is 5.10. The third kappa shape index (κ3) is 2.01. The van der Waals surface area contributed by atoms with Gasteiger partial charge in [-0.25, -0.2) is 0 Å². The second-order valence-electron chi connectivity index (χ2n) is 4.56. The van der Waals surface area contributed by atoms with Crippen LogP contribution in [-0.2, 0) is 9.53 Å². The van der Waals surface area contributed by atoms with Crippen LogP contribution in [0, 0.1) is 5.92 Å². The highest BCUT2D eigenvalue weighted by molar-refractivity contribution is 5.75. The number of carbonyl (C=O) groups is 1. The van der Waals surface area contributed by atoms with E-state index in [1.165, 1.54) is 20.0 Å². The molecular formula is C11H20N2O2. The lowest BCUT2D eigenvalue weighted by molar-refractivity contribution is -0.148. The molecule has 0 aromatic heterocycles. The molecule has 86 valence electrons. The maximum atomic E-state index is 11.5. The molecule has 0 spiro atoms. The normalized spacial score (nSPS) is 33.5. The molecule has 15 heavy (non-hydrogen) atoms. The number of nitrogens with one attached hydrogen (secondary N) is 1. The van der Waals surface area contributed by atoms with Crippen LogP contribution in [0.15, 0.2) is 0 Å². The van der Waals surface area contributed by atoms with Crippen LogP contribution in [0.2, 0.25) is 0 Å². The van der Waals surface area contributed by atoms with Crippen molar-refractivity contribution in [2.45, 2.75) is 31.8 Å². The molecule has 4 heteroatoms. The predicted octanol–water partition coefficient (Wildman–Crippen LogP) is 0.232. The smallest absolute Gasteiger partial charge is 0.322 e. The zero-order chi connectivity index (χ0) is 10.8. The van der Waals surface area contributed by atoms with Crippen molar-refractivity contribution in [3.05, 3.63) is 0 Å². The number of likely N-dealkylation sites (tertiary alicyclic amines) is 1. The topological polar surface area (TPSA) is 41.6 Å². The molecule has 2 heterocycles. The van der Waals surface area contributed by atoms with E-state index in [-0.39, 0.29) is 12.0 Å². The fourth-order valence-corrected chi connectivity index (χ4v) is 2.89. The maximum absolute atomic E-state index is 11.5. The highest BCUT2D eigenvalue weighted by Gasteiger charge is 2.38. The van der Waals surface area contributed by atoms with Gasteiger partial charge in [-0.2, -0.15) is 0 Å². The monoisotopic (exact) mass is 212 g/mol. The first-order valence-corrected chi connectivity index (χ1v) is 5.78. The number of methoxy groups -OCH3 is 1. The summed E-state index contributed by atoms with van der Waals surface area (Å²) in [5.74, 6) is 0.619. The molecule has 2 fully saturated rings. The SMILES string of the molecule is COC(=O)C(C)N1CCCC2CNCC21. The quantitative estimate of drug-likeness (QED) is 0.665. The Balaban J connectivity index is 2.03. The van der Waals surface area contributed by atoms with Gasteiger partial charge in [0.1, 0.15) is 6.04 Å². The fourth-order valence-electron chi connectivity index (χ4n) is 2.89. The standard InChI is InChI=1S/C11H20N2O2/c1-8(11(14)15-2)13-5-3-4-9-6-12-7-10(9)13/h8-10,12H,3-7H2,1-2H3. The summed E-state index contributed by atoms with van der Waals surface area (Å²) in [5, 5.41) is 3.41. The average Bonchev–Trinajstić information content (AvgIpc) is 2.74. The van der Waals surface area contributed by atoms with E-state index in [4.69, 9.17) is 4.74 Å².